The van der Waals surface area contributed by atoms with E-state index in [0.29, 0.717) is 0 Å². The summed E-state index contributed by atoms with van der Waals surface area (Å²) in [4.78, 5) is 15.9. The fourth-order valence-corrected chi connectivity index (χ4v) is 5.71. The van der Waals surface area contributed by atoms with Gasteiger partial charge in [0.15, 0.2) is 15.7 Å². The number of hydrogen-bond donors (Lipinski definition) is 1. The minimum absolute atomic E-state index is 0.00126. The molecule has 1 aliphatic heterocycles. The van der Waals surface area contributed by atoms with Gasteiger partial charge in [0.25, 0.3) is 5.56 Å². The molecule has 206 valence electrons. The number of fused-ring (bicyclic) bond motifs is 1. The van der Waals surface area contributed by atoms with Crippen molar-refractivity contribution in [2.24, 2.45) is 7.05 Å². The summed E-state index contributed by atoms with van der Waals surface area (Å²) >= 11 is 0. The lowest BCUT2D eigenvalue weighted by molar-refractivity contribution is -0.146. The Hall–Kier alpha value is -3.19. The van der Waals surface area contributed by atoms with Crippen molar-refractivity contribution in [2.75, 3.05) is 49.2 Å². The molecule has 0 spiro atoms. The monoisotopic (exact) mass is 558 g/mol. The van der Waals surface area contributed by atoms with Crippen LogP contribution in [0.5, 0.6) is 0 Å². The lowest BCUT2D eigenvalue weighted by atomic mass is 9.99. The number of benzene rings is 2. The Morgan fingerprint density at radius 2 is 1.68 bits per heavy atom. The fourth-order valence-electron chi connectivity index (χ4n) is 4.86. The molecule has 1 aromatic heterocycles. The number of hydrogen-bond acceptors (Lipinski definition) is 6. The van der Waals surface area contributed by atoms with Crippen LogP contribution < -0.4 is 15.8 Å². The Balaban J connectivity index is 1.77. The molecule has 38 heavy (non-hydrogen) atoms. The number of para-hydroxylation sites is 1. The standard InChI is InChI=1S/C25H27F5N4O3S/c1-15(31-19-6-4-5-7-20(19)38(3,36)37)17-12-16(26)13-18-21(17)22(27)23(32(2)24(18)35)34-10-8-33(9-11-34)14-25(28,29)30/h4-7,12-13,15,31H,8-11,14H2,1-3H3/t15-/m1/s1. The first-order valence-corrected chi connectivity index (χ1v) is 13.7. The Labute approximate surface area is 216 Å². The average molecular weight is 559 g/mol. The van der Waals surface area contributed by atoms with Gasteiger partial charge in [0.1, 0.15) is 11.6 Å². The van der Waals surface area contributed by atoms with Gasteiger partial charge in [0.2, 0.25) is 0 Å². The average Bonchev–Trinajstić information content (AvgIpc) is 2.82. The summed E-state index contributed by atoms with van der Waals surface area (Å²) in [5, 5.41) is 2.65. The second-order valence-corrected chi connectivity index (χ2v) is 11.4. The van der Waals surface area contributed by atoms with Crippen LogP contribution in [-0.2, 0) is 16.9 Å². The Morgan fingerprint density at radius 1 is 1.05 bits per heavy atom. The first-order valence-electron chi connectivity index (χ1n) is 11.8. The van der Waals surface area contributed by atoms with Gasteiger partial charge in [-0.05, 0) is 36.8 Å². The second-order valence-electron chi connectivity index (χ2n) is 9.43. The largest absolute Gasteiger partial charge is 0.401 e. The van der Waals surface area contributed by atoms with Crippen LogP contribution in [0.4, 0.5) is 33.5 Å². The van der Waals surface area contributed by atoms with Crippen molar-refractivity contribution in [3.63, 3.8) is 0 Å². The van der Waals surface area contributed by atoms with Crippen LogP contribution in [-0.4, -0.2) is 63.0 Å². The predicted molar refractivity (Wildman–Crippen MR) is 135 cm³/mol. The molecule has 3 aromatic rings. The summed E-state index contributed by atoms with van der Waals surface area (Å²) in [6.45, 7) is 0.639. The van der Waals surface area contributed by atoms with Crippen molar-refractivity contribution < 1.29 is 30.4 Å². The molecule has 0 amide bonds. The summed E-state index contributed by atoms with van der Waals surface area (Å²) in [7, 11) is -2.28. The lowest BCUT2D eigenvalue weighted by Crippen LogP contribution is -2.50. The molecule has 7 nitrogen and oxygen atoms in total. The van der Waals surface area contributed by atoms with E-state index in [0.717, 1.165) is 23.0 Å². The third-order valence-electron chi connectivity index (χ3n) is 6.60. The molecular formula is C25H27F5N4O3S. The van der Waals surface area contributed by atoms with Gasteiger partial charge in [0.05, 0.1) is 22.5 Å². The van der Waals surface area contributed by atoms with E-state index in [1.165, 1.54) is 29.0 Å². The number of nitrogens with zero attached hydrogens (tertiary/aromatic N) is 3. The highest BCUT2D eigenvalue weighted by atomic mass is 32.2. The van der Waals surface area contributed by atoms with Crippen molar-refractivity contribution >= 4 is 32.1 Å². The van der Waals surface area contributed by atoms with Crippen LogP contribution in [0, 0.1) is 11.6 Å². The number of anilines is 2. The van der Waals surface area contributed by atoms with Gasteiger partial charge in [-0.3, -0.25) is 14.3 Å². The predicted octanol–water partition coefficient (Wildman–Crippen LogP) is 4.08. The van der Waals surface area contributed by atoms with Crippen LogP contribution >= 0.6 is 0 Å². The molecule has 2 heterocycles. The van der Waals surface area contributed by atoms with E-state index in [-0.39, 0.29) is 58.9 Å². The summed E-state index contributed by atoms with van der Waals surface area (Å²) in [6, 6.07) is 7.28. The fraction of sp³-hybridized carbons (Fsp3) is 0.400. The number of aromatic nitrogens is 1. The molecule has 0 unspecified atom stereocenters. The summed E-state index contributed by atoms with van der Waals surface area (Å²) < 4.78 is 94.7. The number of pyridine rings is 1. The van der Waals surface area contributed by atoms with Gasteiger partial charge in [-0.25, -0.2) is 17.2 Å². The van der Waals surface area contributed by atoms with E-state index in [1.54, 1.807) is 19.1 Å². The molecule has 1 atom stereocenters. The molecule has 13 heteroatoms. The number of alkyl halides is 3. The smallest absolute Gasteiger partial charge is 0.377 e. The molecule has 2 aromatic carbocycles. The molecule has 4 rings (SSSR count). The zero-order chi connectivity index (χ0) is 28.0. The maximum Gasteiger partial charge on any atom is 0.401 e. The van der Waals surface area contributed by atoms with Crippen molar-refractivity contribution in [3.8, 4) is 0 Å². The zero-order valence-corrected chi connectivity index (χ0v) is 21.8. The quantitative estimate of drug-likeness (QED) is 0.460. The molecule has 0 radical (unpaired) electrons. The van der Waals surface area contributed by atoms with Crippen LogP contribution in [0.1, 0.15) is 18.5 Å². The molecule has 0 aliphatic carbocycles. The number of halogens is 5. The van der Waals surface area contributed by atoms with Crippen molar-refractivity contribution in [1.82, 2.24) is 9.47 Å². The van der Waals surface area contributed by atoms with Gasteiger partial charge in [-0.15, -0.1) is 0 Å². The molecular weight excluding hydrogens is 531 g/mol. The second kappa shape index (κ2) is 10.2. The third-order valence-corrected chi connectivity index (χ3v) is 7.76. The first-order chi connectivity index (χ1) is 17.7. The Bertz CT molecular complexity index is 1530. The normalized spacial score (nSPS) is 16.2. The highest BCUT2D eigenvalue weighted by molar-refractivity contribution is 7.90. The number of sulfone groups is 1. The van der Waals surface area contributed by atoms with Crippen LogP contribution in [0.3, 0.4) is 0 Å². The first kappa shape index (κ1) is 27.8. The molecule has 1 N–H and O–H groups in total. The van der Waals surface area contributed by atoms with Gasteiger partial charge in [-0.2, -0.15) is 13.2 Å². The number of piperazine rings is 1. The van der Waals surface area contributed by atoms with E-state index in [9.17, 15) is 30.8 Å². The number of nitrogens with one attached hydrogen (secondary N) is 1. The van der Waals surface area contributed by atoms with Crippen LogP contribution in [0.2, 0.25) is 0 Å². The van der Waals surface area contributed by atoms with E-state index in [1.807, 2.05) is 0 Å². The van der Waals surface area contributed by atoms with Crippen LogP contribution in [0.25, 0.3) is 10.8 Å². The Morgan fingerprint density at radius 3 is 2.29 bits per heavy atom. The molecule has 0 saturated carbocycles. The summed E-state index contributed by atoms with van der Waals surface area (Å²) in [5.74, 6) is -1.69. The van der Waals surface area contributed by atoms with Gasteiger partial charge in [-0.1, -0.05) is 12.1 Å². The Kier molecular flexibility index (Phi) is 7.45. The molecule has 1 saturated heterocycles. The van der Waals surface area contributed by atoms with Crippen molar-refractivity contribution in [3.05, 3.63) is 63.9 Å². The highest BCUT2D eigenvalue weighted by Crippen LogP contribution is 2.34. The highest BCUT2D eigenvalue weighted by Gasteiger charge is 2.33. The van der Waals surface area contributed by atoms with E-state index < -0.39 is 45.8 Å². The van der Waals surface area contributed by atoms with E-state index >= 15 is 4.39 Å². The van der Waals surface area contributed by atoms with Gasteiger partial charge in [0, 0.05) is 50.9 Å². The molecule has 1 fully saturated rings. The maximum atomic E-state index is 16.2. The van der Waals surface area contributed by atoms with Crippen LogP contribution in [0.15, 0.2) is 46.1 Å². The third kappa shape index (κ3) is 5.63. The van der Waals surface area contributed by atoms with E-state index in [4.69, 9.17) is 0 Å². The van der Waals surface area contributed by atoms with E-state index in [2.05, 4.69) is 5.32 Å². The van der Waals surface area contributed by atoms with Gasteiger partial charge >= 0.3 is 6.18 Å². The minimum atomic E-state index is -4.36. The SMILES string of the molecule is C[C@@H](Nc1ccccc1S(C)(=O)=O)c1cc(F)cc2c(=O)n(C)c(N3CCN(CC(F)(F)F)CC3)c(F)c12. The zero-order valence-electron chi connectivity index (χ0n) is 20.9. The number of rotatable bonds is 6. The minimum Gasteiger partial charge on any atom is -0.377 e. The van der Waals surface area contributed by atoms with Gasteiger partial charge < -0.3 is 10.2 Å². The topological polar surface area (TPSA) is 74.6 Å². The molecule has 0 bridgehead atoms. The lowest BCUT2D eigenvalue weighted by Gasteiger charge is -2.37. The molecule has 1 aliphatic rings. The summed E-state index contributed by atoms with van der Waals surface area (Å²) in [6.07, 6.45) is -3.32. The van der Waals surface area contributed by atoms with Crippen molar-refractivity contribution in [1.29, 1.82) is 0 Å². The summed E-state index contributed by atoms with van der Waals surface area (Å²) in [5.41, 5.74) is -0.348. The maximum absolute atomic E-state index is 16.2. The van der Waals surface area contributed by atoms with Crippen molar-refractivity contribution in [2.45, 2.75) is 24.0 Å².